The highest BCUT2D eigenvalue weighted by molar-refractivity contribution is 5.95. The fourth-order valence-electron chi connectivity index (χ4n) is 0.414. The van der Waals surface area contributed by atoms with Crippen LogP contribution in [0, 0.1) is 6.57 Å². The van der Waals surface area contributed by atoms with Gasteiger partial charge in [0, 0.05) is 0 Å². The second-order valence-corrected chi connectivity index (χ2v) is 1.60. The topological polar surface area (TPSA) is 41.7 Å². The van der Waals surface area contributed by atoms with Crippen LogP contribution in [-0.4, -0.2) is 10.9 Å². The molecule has 0 aromatic rings. The van der Waals surface area contributed by atoms with E-state index in [0.29, 0.717) is 0 Å². The van der Waals surface area contributed by atoms with Gasteiger partial charge in [-0.15, -0.1) is 0 Å². The molecule has 0 aliphatic carbocycles. The van der Waals surface area contributed by atoms with Gasteiger partial charge >= 0.3 is 0 Å². The number of ketones is 1. The van der Waals surface area contributed by atoms with Crippen molar-refractivity contribution in [3.8, 4) is 0 Å². The number of hydrogen-bond acceptors (Lipinski definition) is 2. The maximum atomic E-state index is 10.4. The van der Waals surface area contributed by atoms with Gasteiger partial charge in [0.2, 0.25) is 0 Å². The summed E-state index contributed by atoms with van der Waals surface area (Å²) in [6.45, 7) is 8.96. The van der Waals surface area contributed by atoms with Gasteiger partial charge in [-0.1, -0.05) is 0 Å². The van der Waals surface area contributed by atoms with E-state index in [1.54, 1.807) is 0 Å². The largest absolute Gasteiger partial charge is 0.523 e. The zero-order chi connectivity index (χ0) is 7.44. The zero-order valence-corrected chi connectivity index (χ0v) is 5.30. The molecule has 0 rings (SSSR count). The summed E-state index contributed by atoms with van der Waals surface area (Å²) in [5.74, 6) is -0.609. The minimum atomic E-state index is -0.398. The monoisotopic (exact) mass is 125 g/mol. The summed E-state index contributed by atoms with van der Waals surface area (Å²) >= 11 is 0. The zero-order valence-electron chi connectivity index (χ0n) is 5.30. The summed E-state index contributed by atoms with van der Waals surface area (Å²) in [5.41, 5.74) is -0.185. The molecule has 9 heavy (non-hydrogen) atoms. The highest BCUT2D eigenvalue weighted by atomic mass is 16.3. The van der Waals surface area contributed by atoms with E-state index < -0.39 is 5.78 Å². The summed E-state index contributed by atoms with van der Waals surface area (Å²) in [6.07, 6.45) is 0. The minimum absolute atomic E-state index is 0.185. The van der Waals surface area contributed by atoms with Crippen molar-refractivity contribution in [2.45, 2.75) is 13.8 Å². The van der Waals surface area contributed by atoms with Crippen LogP contribution in [0.2, 0.25) is 0 Å². The minimum Gasteiger partial charge on any atom is -0.523 e. The van der Waals surface area contributed by atoms with Crippen LogP contribution in [0.4, 0.5) is 0 Å². The van der Waals surface area contributed by atoms with E-state index in [0.717, 1.165) is 0 Å². The number of carbonyl (C=O) groups is 1. The summed E-state index contributed by atoms with van der Waals surface area (Å²) in [4.78, 5) is 13.2. The molecule has 0 unspecified atom stereocenters. The number of allylic oxidation sites excluding steroid dienone is 2. The maximum absolute atomic E-state index is 10.4. The Kier molecular flexibility index (Phi) is 2.46. The van der Waals surface area contributed by atoms with E-state index >= 15 is 0 Å². The molecular formula is C6H7NO2. The Bertz CT molecular complexity index is 194. The molecule has 0 saturated heterocycles. The van der Waals surface area contributed by atoms with Crippen LogP contribution < -0.4 is 0 Å². The van der Waals surface area contributed by atoms with Crippen LogP contribution in [0.15, 0.2) is 11.5 Å². The van der Waals surface area contributed by atoms with Crippen molar-refractivity contribution >= 4 is 5.78 Å². The predicted octanol–water partition coefficient (Wildman–Crippen LogP) is 1.28. The number of nitrogens with zero attached hydrogens (tertiary/aromatic N) is 1. The number of carbonyl (C=O) groups excluding carboxylic acids is 1. The lowest BCUT2D eigenvalue weighted by Crippen LogP contribution is -1.94. The Morgan fingerprint density at radius 3 is 2.00 bits per heavy atom. The Balaban J connectivity index is 4.62. The van der Waals surface area contributed by atoms with Gasteiger partial charge < -0.3 is 9.90 Å². The van der Waals surface area contributed by atoms with Crippen LogP contribution in [0.3, 0.4) is 0 Å². The molecule has 1 N–H and O–H groups in total. The highest BCUT2D eigenvalue weighted by Gasteiger charge is 2.05. The first-order valence-electron chi connectivity index (χ1n) is 2.37. The van der Waals surface area contributed by atoms with Gasteiger partial charge in [-0.25, -0.2) is 4.85 Å². The molecule has 0 heterocycles. The molecule has 0 aliphatic rings. The molecule has 0 aromatic carbocycles. The first kappa shape index (κ1) is 7.70. The number of rotatable bonds is 1. The predicted molar refractivity (Wildman–Crippen MR) is 32.6 cm³/mol. The second kappa shape index (κ2) is 2.88. The summed E-state index contributed by atoms with van der Waals surface area (Å²) in [7, 11) is 0. The van der Waals surface area contributed by atoms with Gasteiger partial charge in [-0.05, 0) is 13.8 Å². The van der Waals surface area contributed by atoms with Crippen molar-refractivity contribution in [3.63, 3.8) is 0 Å². The lowest BCUT2D eigenvalue weighted by Gasteiger charge is -1.90. The van der Waals surface area contributed by atoms with Crippen LogP contribution in [0.1, 0.15) is 13.8 Å². The van der Waals surface area contributed by atoms with Crippen molar-refractivity contribution in [1.82, 2.24) is 0 Å². The molecule has 0 aromatic heterocycles. The Morgan fingerprint density at radius 2 is 2.00 bits per heavy atom. The van der Waals surface area contributed by atoms with E-state index in [1.807, 2.05) is 0 Å². The lowest BCUT2D eigenvalue weighted by molar-refractivity contribution is -0.113. The second-order valence-electron chi connectivity index (χ2n) is 1.60. The molecule has 3 nitrogen and oxygen atoms in total. The number of aliphatic hydroxyl groups excluding tert-OH is 1. The van der Waals surface area contributed by atoms with Crippen LogP contribution >= 0.6 is 0 Å². The molecule has 0 fully saturated rings. The summed E-state index contributed by atoms with van der Waals surface area (Å²) in [6, 6.07) is 0. The van der Waals surface area contributed by atoms with E-state index in [-0.39, 0.29) is 11.5 Å². The molecule has 0 bridgehead atoms. The Hall–Kier alpha value is -1.30. The van der Waals surface area contributed by atoms with E-state index in [2.05, 4.69) is 4.85 Å². The van der Waals surface area contributed by atoms with Crippen molar-refractivity contribution in [3.05, 3.63) is 22.9 Å². The van der Waals surface area contributed by atoms with Crippen LogP contribution in [0.5, 0.6) is 0 Å². The van der Waals surface area contributed by atoms with Gasteiger partial charge in [-0.2, -0.15) is 0 Å². The fourth-order valence-corrected chi connectivity index (χ4v) is 0.414. The third-order valence-corrected chi connectivity index (χ3v) is 0.788. The molecule has 0 saturated carbocycles. The molecule has 0 spiro atoms. The third kappa shape index (κ3) is 1.96. The van der Waals surface area contributed by atoms with Gasteiger partial charge in [0.25, 0.3) is 5.70 Å². The fraction of sp³-hybridized carbons (Fsp3) is 0.333. The van der Waals surface area contributed by atoms with Crippen molar-refractivity contribution < 1.29 is 9.90 Å². The third-order valence-electron chi connectivity index (χ3n) is 0.788. The molecule has 0 radical (unpaired) electrons. The average molecular weight is 125 g/mol. The molecule has 3 heteroatoms. The molecular weight excluding hydrogens is 118 g/mol. The standard InChI is InChI=1S/C6H7NO2/c1-4(8)6(7-3)5(2)9/h8H,1-2H3. The average Bonchev–Trinajstić information content (AvgIpc) is 1.64. The molecule has 0 aliphatic heterocycles. The number of aliphatic hydroxyl groups is 1. The molecule has 0 amide bonds. The van der Waals surface area contributed by atoms with Crippen LogP contribution in [-0.2, 0) is 4.79 Å². The first-order valence-corrected chi connectivity index (χ1v) is 2.37. The summed E-state index contributed by atoms with van der Waals surface area (Å²) in [5, 5.41) is 8.63. The van der Waals surface area contributed by atoms with Crippen LogP contribution in [0.25, 0.3) is 4.85 Å². The van der Waals surface area contributed by atoms with Gasteiger partial charge in [-0.3, -0.25) is 0 Å². The SMILES string of the molecule is [C-]#[N+]C(C(C)=O)=C(C)O. The van der Waals surface area contributed by atoms with E-state index in [1.165, 1.54) is 13.8 Å². The summed E-state index contributed by atoms with van der Waals surface area (Å²) < 4.78 is 0. The van der Waals surface area contributed by atoms with E-state index in [9.17, 15) is 4.79 Å². The Labute approximate surface area is 53.4 Å². The van der Waals surface area contributed by atoms with Crippen molar-refractivity contribution in [1.29, 1.82) is 0 Å². The van der Waals surface area contributed by atoms with Crippen molar-refractivity contribution in [2.24, 2.45) is 0 Å². The van der Waals surface area contributed by atoms with Gasteiger partial charge in [0.1, 0.15) is 5.76 Å². The van der Waals surface area contributed by atoms with Gasteiger partial charge in [0.15, 0.2) is 5.78 Å². The van der Waals surface area contributed by atoms with E-state index in [4.69, 9.17) is 11.7 Å². The number of Topliss-reactive ketones (excluding diaryl/α,β-unsaturated/α-hetero) is 1. The normalized spacial score (nSPS) is 11.7. The lowest BCUT2D eigenvalue weighted by atomic mass is 10.3. The van der Waals surface area contributed by atoms with Crippen molar-refractivity contribution in [2.75, 3.05) is 0 Å². The molecule has 48 valence electrons. The Morgan fingerprint density at radius 1 is 1.56 bits per heavy atom. The highest BCUT2D eigenvalue weighted by Crippen LogP contribution is 2.02. The first-order chi connectivity index (χ1) is 4.09. The molecule has 0 atom stereocenters. The van der Waals surface area contributed by atoms with Gasteiger partial charge in [0.05, 0.1) is 6.57 Å². The number of hydrogen-bond donors (Lipinski definition) is 1. The maximum Gasteiger partial charge on any atom is 0.264 e. The smallest absolute Gasteiger partial charge is 0.264 e. The quantitative estimate of drug-likeness (QED) is 0.326.